The van der Waals surface area contributed by atoms with Gasteiger partial charge in [-0.2, -0.15) is 15.8 Å². The van der Waals surface area contributed by atoms with Crippen LogP contribution in [0.15, 0.2) is 224 Å². The molecule has 316 valence electrons. The molecular formula is C61H37N7. The minimum atomic E-state index is 0.411. The molecule has 2 aromatic heterocycles. The topological polar surface area (TPSA) is 105 Å². The van der Waals surface area contributed by atoms with Crippen LogP contribution in [0.2, 0.25) is 0 Å². The third kappa shape index (κ3) is 7.47. The van der Waals surface area contributed by atoms with Crippen LogP contribution >= 0.6 is 0 Å². The zero-order valence-corrected chi connectivity index (χ0v) is 36.5. The van der Waals surface area contributed by atoms with Gasteiger partial charge in [-0.05, 0) is 107 Å². The Balaban J connectivity index is 0.907. The summed E-state index contributed by atoms with van der Waals surface area (Å²) in [4.78, 5) is 12.1. The maximum Gasteiger partial charge on any atom is 0.161 e. The lowest BCUT2D eigenvalue weighted by molar-refractivity contribution is 1.17. The van der Waals surface area contributed by atoms with Gasteiger partial charge in [0, 0.05) is 44.5 Å². The first kappa shape index (κ1) is 40.9. The Kier molecular flexibility index (Phi) is 10.6. The molecule has 68 heavy (non-hydrogen) atoms. The van der Waals surface area contributed by atoms with Gasteiger partial charge in [0.2, 0.25) is 0 Å². The number of hydrogen-bond donors (Lipinski definition) is 0. The fourth-order valence-electron chi connectivity index (χ4n) is 9.08. The Morgan fingerprint density at radius 1 is 0.353 bits per heavy atom. The highest BCUT2D eigenvalue weighted by molar-refractivity contribution is 6.11. The van der Waals surface area contributed by atoms with Gasteiger partial charge in [0.05, 0.1) is 56.9 Å². The van der Waals surface area contributed by atoms with E-state index in [1.54, 1.807) is 12.1 Å². The van der Waals surface area contributed by atoms with Crippen LogP contribution in [0.3, 0.4) is 0 Å². The van der Waals surface area contributed by atoms with Gasteiger partial charge in [0.15, 0.2) is 5.82 Å². The number of benzene rings is 9. The van der Waals surface area contributed by atoms with Gasteiger partial charge in [-0.1, -0.05) is 140 Å². The molecule has 0 spiro atoms. The van der Waals surface area contributed by atoms with Crippen LogP contribution in [0.4, 0.5) is 17.1 Å². The number of aromatic nitrogens is 3. The van der Waals surface area contributed by atoms with E-state index in [0.717, 1.165) is 72.4 Å². The normalized spacial score (nSPS) is 10.9. The molecule has 0 radical (unpaired) electrons. The van der Waals surface area contributed by atoms with E-state index in [1.807, 2.05) is 78.9 Å². The van der Waals surface area contributed by atoms with Crippen LogP contribution in [-0.4, -0.2) is 14.5 Å². The zero-order chi connectivity index (χ0) is 46.0. The standard InChI is InChI=1S/C61H37N7/c62-38-46-13-7-9-19-52(46)57-37-56(65-61(66-57)53-20-10-8-14-47(53)39-63)44-29-27-42(28-30-44)41-23-25-43(26-24-41)45-31-33-58(48(35-45)40-64)68-59-22-12-11-21-54(59)55-36-51(32-34-60(55)68)67(49-15-3-1-4-16-49)50-17-5-2-6-18-50/h1-37H. The number of nitriles is 3. The van der Waals surface area contributed by atoms with Crippen molar-refractivity contribution in [3.05, 3.63) is 241 Å². The Hall–Kier alpha value is -9.87. The van der Waals surface area contributed by atoms with Gasteiger partial charge in [-0.25, -0.2) is 9.97 Å². The second-order valence-electron chi connectivity index (χ2n) is 16.3. The molecule has 0 N–H and O–H groups in total. The molecule has 9 aromatic carbocycles. The molecule has 0 saturated carbocycles. The molecule has 11 rings (SSSR count). The molecule has 7 heteroatoms. The Morgan fingerprint density at radius 2 is 0.853 bits per heavy atom. The second-order valence-corrected chi connectivity index (χ2v) is 16.3. The third-order valence-electron chi connectivity index (χ3n) is 12.4. The first-order valence-electron chi connectivity index (χ1n) is 22.2. The van der Waals surface area contributed by atoms with Gasteiger partial charge in [0.1, 0.15) is 6.07 Å². The van der Waals surface area contributed by atoms with E-state index in [1.165, 1.54) is 0 Å². The van der Waals surface area contributed by atoms with Crippen molar-refractivity contribution in [1.82, 2.24) is 14.5 Å². The van der Waals surface area contributed by atoms with Crippen molar-refractivity contribution in [3.8, 4) is 80.1 Å². The van der Waals surface area contributed by atoms with Crippen molar-refractivity contribution in [2.75, 3.05) is 4.90 Å². The van der Waals surface area contributed by atoms with Gasteiger partial charge < -0.3 is 9.47 Å². The highest BCUT2D eigenvalue weighted by Crippen LogP contribution is 2.41. The molecule has 0 aliphatic carbocycles. The van der Waals surface area contributed by atoms with Crippen molar-refractivity contribution < 1.29 is 0 Å². The summed E-state index contributed by atoms with van der Waals surface area (Å²) in [6.07, 6.45) is 0. The maximum absolute atomic E-state index is 10.7. The maximum atomic E-state index is 10.7. The molecule has 2 heterocycles. The molecular weight excluding hydrogens is 831 g/mol. The van der Waals surface area contributed by atoms with E-state index in [4.69, 9.17) is 9.97 Å². The van der Waals surface area contributed by atoms with Crippen LogP contribution in [0.5, 0.6) is 0 Å². The smallest absolute Gasteiger partial charge is 0.161 e. The van der Waals surface area contributed by atoms with E-state index in [-0.39, 0.29) is 0 Å². The summed E-state index contributed by atoms with van der Waals surface area (Å²) in [7, 11) is 0. The Bertz CT molecular complexity index is 3700. The van der Waals surface area contributed by atoms with Crippen molar-refractivity contribution in [2.24, 2.45) is 0 Å². The predicted octanol–water partition coefficient (Wildman–Crippen LogP) is 15.0. The molecule has 0 unspecified atom stereocenters. The first-order valence-corrected chi connectivity index (χ1v) is 22.2. The number of rotatable bonds is 9. The summed E-state index contributed by atoms with van der Waals surface area (Å²) in [5.41, 5.74) is 15.1. The summed E-state index contributed by atoms with van der Waals surface area (Å²) >= 11 is 0. The molecule has 0 aliphatic heterocycles. The molecule has 0 amide bonds. The summed E-state index contributed by atoms with van der Waals surface area (Å²) in [6, 6.07) is 82.1. The van der Waals surface area contributed by atoms with Crippen molar-refractivity contribution in [1.29, 1.82) is 15.8 Å². The lowest BCUT2D eigenvalue weighted by Crippen LogP contribution is -2.09. The molecule has 11 aromatic rings. The predicted molar refractivity (Wildman–Crippen MR) is 272 cm³/mol. The first-order chi connectivity index (χ1) is 33.6. The highest BCUT2D eigenvalue weighted by Gasteiger charge is 2.20. The summed E-state index contributed by atoms with van der Waals surface area (Å²) in [6.45, 7) is 0. The molecule has 0 bridgehead atoms. The molecule has 0 atom stereocenters. The van der Waals surface area contributed by atoms with Crippen molar-refractivity contribution >= 4 is 38.9 Å². The number of fused-ring (bicyclic) bond motifs is 3. The number of anilines is 3. The summed E-state index contributed by atoms with van der Waals surface area (Å²) < 4.78 is 2.21. The fraction of sp³-hybridized carbons (Fsp3) is 0. The zero-order valence-electron chi connectivity index (χ0n) is 36.5. The largest absolute Gasteiger partial charge is 0.310 e. The number of para-hydroxylation sites is 3. The van der Waals surface area contributed by atoms with E-state index in [0.29, 0.717) is 45.0 Å². The average Bonchev–Trinajstić information content (AvgIpc) is 3.74. The van der Waals surface area contributed by atoms with Crippen LogP contribution in [0, 0.1) is 34.0 Å². The second kappa shape index (κ2) is 17.6. The van der Waals surface area contributed by atoms with Crippen molar-refractivity contribution in [3.63, 3.8) is 0 Å². The van der Waals surface area contributed by atoms with Crippen molar-refractivity contribution in [2.45, 2.75) is 0 Å². The van der Waals surface area contributed by atoms with E-state index >= 15 is 0 Å². The molecule has 0 aliphatic rings. The lowest BCUT2D eigenvalue weighted by atomic mass is 9.97. The Morgan fingerprint density at radius 3 is 1.50 bits per heavy atom. The van der Waals surface area contributed by atoms with Gasteiger partial charge in [-0.15, -0.1) is 0 Å². The lowest BCUT2D eigenvalue weighted by Gasteiger charge is -2.25. The van der Waals surface area contributed by atoms with E-state index in [2.05, 4.69) is 161 Å². The van der Waals surface area contributed by atoms with Gasteiger partial charge in [0.25, 0.3) is 0 Å². The number of nitrogens with zero attached hydrogens (tertiary/aromatic N) is 7. The SMILES string of the molecule is N#Cc1ccccc1-c1cc(-c2ccc(-c3ccc(-c4ccc(-n5c6ccccc6c6cc(N(c7ccccc7)c7ccccc7)ccc65)c(C#N)c4)cc3)cc2)nc(-c2ccccc2C#N)n1. The summed E-state index contributed by atoms with van der Waals surface area (Å²) in [5, 5.41) is 32.7. The average molecular weight is 868 g/mol. The molecule has 0 fully saturated rings. The molecule has 0 saturated heterocycles. The van der Waals surface area contributed by atoms with Gasteiger partial charge >= 0.3 is 0 Å². The summed E-state index contributed by atoms with van der Waals surface area (Å²) in [5.74, 6) is 0.411. The quantitative estimate of drug-likeness (QED) is 0.143. The van der Waals surface area contributed by atoms with Crippen LogP contribution in [0.25, 0.3) is 83.6 Å². The van der Waals surface area contributed by atoms with Crippen LogP contribution < -0.4 is 4.90 Å². The fourth-order valence-corrected chi connectivity index (χ4v) is 9.08. The van der Waals surface area contributed by atoms with Crippen LogP contribution in [0.1, 0.15) is 16.7 Å². The minimum absolute atomic E-state index is 0.411. The monoisotopic (exact) mass is 867 g/mol. The third-order valence-corrected chi connectivity index (χ3v) is 12.4. The molecule has 7 nitrogen and oxygen atoms in total. The number of hydrogen-bond acceptors (Lipinski definition) is 6. The van der Waals surface area contributed by atoms with E-state index < -0.39 is 0 Å². The van der Waals surface area contributed by atoms with E-state index in [9.17, 15) is 15.8 Å². The minimum Gasteiger partial charge on any atom is -0.310 e. The van der Waals surface area contributed by atoms with Gasteiger partial charge in [-0.3, -0.25) is 0 Å². The Labute approximate surface area is 393 Å². The highest BCUT2D eigenvalue weighted by atomic mass is 15.1. The van der Waals surface area contributed by atoms with Crippen LogP contribution in [-0.2, 0) is 0 Å².